The number of hydrogen-bond donors (Lipinski definition) is 0. The molecule has 4 heterocycles. The summed E-state index contributed by atoms with van der Waals surface area (Å²) in [6.07, 6.45) is 4.50. The lowest BCUT2D eigenvalue weighted by Gasteiger charge is -2.29. The molecule has 5 rings (SSSR count). The molecule has 1 aromatic carbocycles. The van der Waals surface area contributed by atoms with E-state index in [0.717, 1.165) is 43.9 Å². The Balaban J connectivity index is 1.58. The molecular formula is C23H29ClN6O2. The van der Waals surface area contributed by atoms with Crippen LogP contribution in [0.5, 0.6) is 0 Å². The maximum Gasteiger partial charge on any atom is 0.332 e. The zero-order chi connectivity index (χ0) is 22.4. The van der Waals surface area contributed by atoms with Crippen molar-refractivity contribution in [1.82, 2.24) is 23.6 Å². The summed E-state index contributed by atoms with van der Waals surface area (Å²) in [7, 11) is 1.70. The van der Waals surface area contributed by atoms with Gasteiger partial charge in [0.15, 0.2) is 11.2 Å². The third kappa shape index (κ3) is 3.55. The molecule has 0 saturated carbocycles. The third-order valence-corrected chi connectivity index (χ3v) is 7.18. The molecular weight excluding hydrogens is 428 g/mol. The quantitative estimate of drug-likeness (QED) is 0.603. The first-order chi connectivity index (χ1) is 15.5. The minimum absolute atomic E-state index is 0.248. The molecule has 0 unspecified atom stereocenters. The minimum Gasteiger partial charge on any atom is -0.312 e. The number of fused-ring (bicyclic) bond motifs is 3. The first kappa shape index (κ1) is 21.3. The van der Waals surface area contributed by atoms with Gasteiger partial charge >= 0.3 is 5.69 Å². The molecule has 0 N–H and O–H groups in total. The van der Waals surface area contributed by atoms with Crippen LogP contribution >= 0.6 is 11.6 Å². The van der Waals surface area contributed by atoms with Crippen molar-refractivity contribution in [3.8, 4) is 0 Å². The van der Waals surface area contributed by atoms with E-state index in [4.69, 9.17) is 16.6 Å². The SMILES string of the molecule is Cc1ccc(N2CCCn3c2nc2c3c(=O)n(CCN3CCCCC3)c(=O)n2C)cc1Cl. The van der Waals surface area contributed by atoms with Crippen LogP contribution in [0.1, 0.15) is 31.2 Å². The lowest BCUT2D eigenvalue weighted by atomic mass is 10.1. The Hall–Kier alpha value is -2.58. The Labute approximate surface area is 191 Å². The van der Waals surface area contributed by atoms with Crippen molar-refractivity contribution in [3.63, 3.8) is 0 Å². The zero-order valence-corrected chi connectivity index (χ0v) is 19.4. The molecule has 2 aromatic heterocycles. The fourth-order valence-corrected chi connectivity index (χ4v) is 5.06. The highest BCUT2D eigenvalue weighted by molar-refractivity contribution is 6.31. The molecule has 8 nitrogen and oxygen atoms in total. The highest BCUT2D eigenvalue weighted by Crippen LogP contribution is 2.33. The van der Waals surface area contributed by atoms with Crippen LogP contribution in [-0.2, 0) is 20.1 Å². The van der Waals surface area contributed by atoms with Crippen LogP contribution in [0.15, 0.2) is 27.8 Å². The van der Waals surface area contributed by atoms with Crippen LogP contribution in [0.2, 0.25) is 5.02 Å². The van der Waals surface area contributed by atoms with Crippen LogP contribution < -0.4 is 16.1 Å². The van der Waals surface area contributed by atoms with Gasteiger partial charge in [0.05, 0.1) is 0 Å². The molecule has 1 saturated heterocycles. The number of likely N-dealkylation sites (tertiary alicyclic amines) is 1. The van der Waals surface area contributed by atoms with E-state index >= 15 is 0 Å². The number of aryl methyl sites for hydroxylation is 3. The summed E-state index contributed by atoms with van der Waals surface area (Å²) in [5.41, 5.74) is 2.34. The second-order valence-corrected chi connectivity index (χ2v) is 9.28. The Morgan fingerprint density at radius 2 is 1.78 bits per heavy atom. The van der Waals surface area contributed by atoms with E-state index in [1.54, 1.807) is 7.05 Å². The molecule has 0 aliphatic carbocycles. The van der Waals surface area contributed by atoms with Crippen molar-refractivity contribution < 1.29 is 0 Å². The van der Waals surface area contributed by atoms with E-state index in [-0.39, 0.29) is 11.2 Å². The smallest absolute Gasteiger partial charge is 0.312 e. The normalized spacial score (nSPS) is 17.2. The van der Waals surface area contributed by atoms with Crippen molar-refractivity contribution in [3.05, 3.63) is 49.6 Å². The fraction of sp³-hybridized carbons (Fsp3) is 0.522. The largest absolute Gasteiger partial charge is 0.332 e. The molecule has 0 atom stereocenters. The number of aromatic nitrogens is 4. The van der Waals surface area contributed by atoms with Gasteiger partial charge in [-0.1, -0.05) is 24.1 Å². The van der Waals surface area contributed by atoms with E-state index in [2.05, 4.69) is 9.80 Å². The van der Waals surface area contributed by atoms with E-state index in [0.29, 0.717) is 35.2 Å². The zero-order valence-electron chi connectivity index (χ0n) is 18.7. The van der Waals surface area contributed by atoms with Crippen molar-refractivity contribution in [2.75, 3.05) is 31.1 Å². The van der Waals surface area contributed by atoms with Crippen LogP contribution in [0.3, 0.4) is 0 Å². The Morgan fingerprint density at radius 3 is 2.53 bits per heavy atom. The predicted molar refractivity (Wildman–Crippen MR) is 127 cm³/mol. The average molecular weight is 457 g/mol. The van der Waals surface area contributed by atoms with Crippen LogP contribution in [-0.4, -0.2) is 49.8 Å². The fourth-order valence-electron chi connectivity index (χ4n) is 4.88. The summed E-state index contributed by atoms with van der Waals surface area (Å²) in [4.78, 5) is 35.7. The van der Waals surface area contributed by atoms with Crippen molar-refractivity contribution in [2.24, 2.45) is 7.05 Å². The number of piperidine rings is 1. The lowest BCUT2D eigenvalue weighted by Crippen LogP contribution is -2.43. The van der Waals surface area contributed by atoms with Crippen LogP contribution in [0.25, 0.3) is 11.2 Å². The van der Waals surface area contributed by atoms with Gasteiger partial charge in [-0.15, -0.1) is 0 Å². The maximum atomic E-state index is 13.5. The topological polar surface area (TPSA) is 68.3 Å². The minimum atomic E-state index is -0.306. The van der Waals surface area contributed by atoms with Crippen molar-refractivity contribution in [1.29, 1.82) is 0 Å². The molecule has 0 spiro atoms. The summed E-state index contributed by atoms with van der Waals surface area (Å²) in [6.45, 7) is 6.64. The van der Waals surface area contributed by atoms with E-state index in [1.165, 1.54) is 28.4 Å². The van der Waals surface area contributed by atoms with Crippen molar-refractivity contribution >= 4 is 34.4 Å². The first-order valence-electron chi connectivity index (χ1n) is 11.4. The third-order valence-electron chi connectivity index (χ3n) is 6.77. The molecule has 0 amide bonds. The molecule has 3 aromatic rings. The molecule has 2 aliphatic rings. The van der Waals surface area contributed by atoms with Gasteiger partial charge in [-0.25, -0.2) is 4.79 Å². The van der Waals surface area contributed by atoms with Gasteiger partial charge in [0.1, 0.15) is 0 Å². The average Bonchev–Trinajstić information content (AvgIpc) is 3.20. The number of halogens is 1. The summed E-state index contributed by atoms with van der Waals surface area (Å²) in [5.74, 6) is 0.687. The number of rotatable bonds is 4. The predicted octanol–water partition coefficient (Wildman–Crippen LogP) is 2.89. The Morgan fingerprint density at radius 1 is 1.00 bits per heavy atom. The monoisotopic (exact) mass is 456 g/mol. The summed E-state index contributed by atoms with van der Waals surface area (Å²) < 4.78 is 4.86. The van der Waals surface area contributed by atoms with Gasteiger partial charge in [0.2, 0.25) is 5.95 Å². The van der Waals surface area contributed by atoms with Gasteiger partial charge in [-0.2, -0.15) is 4.98 Å². The lowest BCUT2D eigenvalue weighted by molar-refractivity contribution is 0.218. The highest BCUT2D eigenvalue weighted by atomic mass is 35.5. The Kier molecular flexibility index (Phi) is 5.59. The highest BCUT2D eigenvalue weighted by Gasteiger charge is 2.27. The van der Waals surface area contributed by atoms with Gasteiger partial charge in [0, 0.05) is 43.9 Å². The van der Waals surface area contributed by atoms with Gasteiger partial charge in [-0.3, -0.25) is 13.9 Å². The van der Waals surface area contributed by atoms with E-state index in [9.17, 15) is 9.59 Å². The van der Waals surface area contributed by atoms with Gasteiger partial charge in [0.25, 0.3) is 5.56 Å². The van der Waals surface area contributed by atoms with Gasteiger partial charge in [-0.05, 0) is 57.0 Å². The summed E-state index contributed by atoms with van der Waals surface area (Å²) in [6, 6.07) is 5.94. The van der Waals surface area contributed by atoms with E-state index < -0.39 is 0 Å². The van der Waals surface area contributed by atoms with Crippen LogP contribution in [0, 0.1) is 6.92 Å². The number of nitrogens with zero attached hydrogens (tertiary/aromatic N) is 6. The Bertz CT molecular complexity index is 1280. The molecule has 170 valence electrons. The standard InChI is InChI=1S/C23H29ClN6O2/c1-16-7-8-17(15-18(16)24)28-11-6-12-29-19-20(25-22(28)29)26(2)23(32)30(21(19)31)14-13-27-9-4-3-5-10-27/h7-8,15H,3-6,9-14H2,1-2H3. The van der Waals surface area contributed by atoms with E-state index in [1.807, 2.05) is 29.7 Å². The number of anilines is 2. The molecule has 9 heteroatoms. The second-order valence-electron chi connectivity index (χ2n) is 8.88. The molecule has 0 bridgehead atoms. The first-order valence-corrected chi connectivity index (χ1v) is 11.8. The number of hydrogen-bond acceptors (Lipinski definition) is 5. The summed E-state index contributed by atoms with van der Waals surface area (Å²) >= 11 is 6.37. The second kappa shape index (κ2) is 8.41. The molecule has 1 fully saturated rings. The molecule has 32 heavy (non-hydrogen) atoms. The summed E-state index contributed by atoms with van der Waals surface area (Å²) in [5, 5.41) is 0.697. The number of benzene rings is 1. The maximum absolute atomic E-state index is 13.5. The molecule has 2 aliphatic heterocycles. The molecule has 0 radical (unpaired) electrons. The van der Waals surface area contributed by atoms with Crippen LogP contribution in [0.4, 0.5) is 11.6 Å². The number of imidazole rings is 1. The van der Waals surface area contributed by atoms with Gasteiger partial charge < -0.3 is 14.4 Å². The van der Waals surface area contributed by atoms with Crippen molar-refractivity contribution in [2.45, 2.75) is 45.7 Å².